The van der Waals surface area contributed by atoms with Crippen LogP contribution in [0.25, 0.3) is 11.2 Å². The summed E-state index contributed by atoms with van der Waals surface area (Å²) in [6.45, 7) is 3.70. The molecule has 3 atom stereocenters. The molecule has 2 aromatic rings. The first kappa shape index (κ1) is 13.2. The molecule has 0 bridgehead atoms. The van der Waals surface area contributed by atoms with Crippen molar-refractivity contribution in [1.82, 2.24) is 19.5 Å². The fraction of sp³-hybridized carbons (Fsp3) is 0.583. The van der Waals surface area contributed by atoms with Crippen LogP contribution in [0.15, 0.2) is 17.4 Å². The van der Waals surface area contributed by atoms with Gasteiger partial charge in [0.25, 0.3) is 5.56 Å². The van der Waals surface area contributed by atoms with Gasteiger partial charge in [-0.1, -0.05) is 13.8 Å². The zero-order valence-electron chi connectivity index (χ0n) is 11.4. The van der Waals surface area contributed by atoms with Gasteiger partial charge in [-0.05, 0) is 0 Å². The minimum absolute atomic E-state index is 0.210. The normalized spacial score (nSPS) is 29.1. The Kier molecular flexibility index (Phi) is 2.89. The van der Waals surface area contributed by atoms with Gasteiger partial charge in [-0.2, -0.15) is 0 Å². The number of methoxy groups -OCH3 is 1. The monoisotopic (exact) mass is 280 g/mol. The van der Waals surface area contributed by atoms with Gasteiger partial charge < -0.3 is 19.6 Å². The number of hydrogen-bond donors (Lipinski definition) is 2. The third-order valence-corrected chi connectivity index (χ3v) is 3.76. The van der Waals surface area contributed by atoms with Crippen LogP contribution in [0, 0.1) is 5.41 Å². The van der Waals surface area contributed by atoms with Gasteiger partial charge in [0.1, 0.15) is 6.10 Å². The van der Waals surface area contributed by atoms with Crippen LogP contribution in [0.4, 0.5) is 0 Å². The summed E-state index contributed by atoms with van der Waals surface area (Å²) in [5.41, 5.74) is -0.340. The zero-order chi connectivity index (χ0) is 14.5. The molecule has 0 unspecified atom stereocenters. The van der Waals surface area contributed by atoms with Gasteiger partial charge in [0.15, 0.2) is 23.7 Å². The molecular formula is C12H16N4O4. The molecule has 0 aromatic carbocycles. The molecule has 108 valence electrons. The van der Waals surface area contributed by atoms with E-state index in [0.717, 1.165) is 0 Å². The first-order valence-electron chi connectivity index (χ1n) is 6.23. The largest absolute Gasteiger partial charge is 0.388 e. The summed E-state index contributed by atoms with van der Waals surface area (Å²) < 4.78 is 12.5. The summed E-state index contributed by atoms with van der Waals surface area (Å²) in [7, 11) is 1.52. The highest BCUT2D eigenvalue weighted by atomic mass is 16.7. The molecule has 2 aromatic heterocycles. The molecular weight excluding hydrogens is 264 g/mol. The van der Waals surface area contributed by atoms with Crippen LogP contribution >= 0.6 is 0 Å². The van der Waals surface area contributed by atoms with Crippen molar-refractivity contribution in [3.63, 3.8) is 0 Å². The number of rotatable bonds is 2. The fourth-order valence-corrected chi connectivity index (χ4v) is 2.51. The molecule has 1 fully saturated rings. The van der Waals surface area contributed by atoms with E-state index in [1.54, 1.807) is 4.57 Å². The Hall–Kier alpha value is -1.77. The molecule has 1 saturated heterocycles. The number of aromatic amines is 1. The number of ether oxygens (including phenoxy) is 2. The number of aliphatic hydroxyl groups excluding tert-OH is 1. The SMILES string of the molecule is CO[C@H]1O[C@@H](n2cnc3c(=O)[nH]cnc32)[C@H](O)C1(C)C. The second-order valence-electron chi connectivity index (χ2n) is 5.42. The van der Waals surface area contributed by atoms with Gasteiger partial charge >= 0.3 is 0 Å². The average Bonchev–Trinajstić information content (AvgIpc) is 2.92. The van der Waals surface area contributed by atoms with E-state index in [-0.39, 0.29) is 11.1 Å². The van der Waals surface area contributed by atoms with Crippen molar-refractivity contribution >= 4 is 11.2 Å². The topological polar surface area (TPSA) is 102 Å². The average molecular weight is 280 g/mol. The van der Waals surface area contributed by atoms with Gasteiger partial charge in [-0.15, -0.1) is 0 Å². The van der Waals surface area contributed by atoms with E-state index in [4.69, 9.17) is 9.47 Å². The number of aromatic nitrogens is 4. The fourth-order valence-electron chi connectivity index (χ4n) is 2.51. The third kappa shape index (κ3) is 1.69. The highest BCUT2D eigenvalue weighted by Crippen LogP contribution is 2.43. The molecule has 0 amide bonds. The number of hydrogen-bond acceptors (Lipinski definition) is 6. The number of fused-ring (bicyclic) bond motifs is 1. The van der Waals surface area contributed by atoms with E-state index in [9.17, 15) is 9.90 Å². The highest BCUT2D eigenvalue weighted by Gasteiger charge is 2.51. The van der Waals surface area contributed by atoms with Gasteiger partial charge in [-0.3, -0.25) is 9.36 Å². The van der Waals surface area contributed by atoms with Crippen LogP contribution in [0.2, 0.25) is 0 Å². The molecule has 0 saturated carbocycles. The van der Waals surface area contributed by atoms with Gasteiger partial charge in [0.05, 0.1) is 12.7 Å². The van der Waals surface area contributed by atoms with E-state index in [0.29, 0.717) is 5.65 Å². The summed E-state index contributed by atoms with van der Waals surface area (Å²) in [6, 6.07) is 0. The lowest BCUT2D eigenvalue weighted by molar-refractivity contribution is -0.162. The molecule has 20 heavy (non-hydrogen) atoms. The van der Waals surface area contributed by atoms with Crippen molar-refractivity contribution in [2.24, 2.45) is 5.41 Å². The summed E-state index contributed by atoms with van der Waals surface area (Å²) in [5.74, 6) is 0. The minimum atomic E-state index is -0.814. The van der Waals surface area contributed by atoms with E-state index < -0.39 is 24.0 Å². The lowest BCUT2D eigenvalue weighted by atomic mass is 9.87. The zero-order valence-corrected chi connectivity index (χ0v) is 11.4. The maximum Gasteiger partial charge on any atom is 0.278 e. The Balaban J connectivity index is 2.09. The van der Waals surface area contributed by atoms with E-state index >= 15 is 0 Å². The summed E-state index contributed by atoms with van der Waals surface area (Å²) >= 11 is 0. The molecule has 0 aliphatic carbocycles. The number of nitrogens with zero attached hydrogens (tertiary/aromatic N) is 3. The maximum absolute atomic E-state index is 11.6. The molecule has 8 nitrogen and oxygen atoms in total. The number of H-pyrrole nitrogens is 1. The second-order valence-corrected chi connectivity index (χ2v) is 5.42. The van der Waals surface area contributed by atoms with Crippen LogP contribution in [-0.4, -0.2) is 44.1 Å². The molecule has 3 rings (SSSR count). The first-order valence-corrected chi connectivity index (χ1v) is 6.23. The lowest BCUT2D eigenvalue weighted by Gasteiger charge is -2.26. The Morgan fingerprint density at radius 2 is 2.25 bits per heavy atom. The van der Waals surface area contributed by atoms with E-state index in [1.807, 2.05) is 13.8 Å². The van der Waals surface area contributed by atoms with Gasteiger partial charge in [0, 0.05) is 12.5 Å². The number of nitrogens with one attached hydrogen (secondary N) is 1. The number of aliphatic hydroxyl groups is 1. The molecule has 3 heterocycles. The van der Waals surface area contributed by atoms with Crippen molar-refractivity contribution in [3.05, 3.63) is 23.0 Å². The predicted octanol–water partition coefficient (Wildman–Crippen LogP) is 0.00800. The van der Waals surface area contributed by atoms with Crippen LogP contribution < -0.4 is 5.56 Å². The summed E-state index contributed by atoms with van der Waals surface area (Å²) in [5, 5.41) is 10.5. The van der Waals surface area contributed by atoms with Crippen LogP contribution in [0.1, 0.15) is 20.1 Å². The molecule has 1 aliphatic rings. The number of imidazole rings is 1. The Morgan fingerprint density at radius 3 is 2.90 bits per heavy atom. The first-order chi connectivity index (χ1) is 9.46. The second kappa shape index (κ2) is 4.37. The third-order valence-electron chi connectivity index (χ3n) is 3.76. The molecule has 2 N–H and O–H groups in total. The van der Waals surface area contributed by atoms with E-state index in [2.05, 4.69) is 15.0 Å². The van der Waals surface area contributed by atoms with E-state index in [1.165, 1.54) is 19.8 Å². The Labute approximate surface area is 114 Å². The van der Waals surface area contributed by atoms with Crippen LogP contribution in [-0.2, 0) is 9.47 Å². The van der Waals surface area contributed by atoms with Crippen molar-refractivity contribution in [2.45, 2.75) is 32.5 Å². The van der Waals surface area contributed by atoms with Crippen molar-refractivity contribution in [3.8, 4) is 0 Å². The minimum Gasteiger partial charge on any atom is -0.388 e. The van der Waals surface area contributed by atoms with Gasteiger partial charge in [-0.25, -0.2) is 9.97 Å². The van der Waals surface area contributed by atoms with Crippen molar-refractivity contribution in [1.29, 1.82) is 0 Å². The molecule has 0 spiro atoms. The lowest BCUT2D eigenvalue weighted by Crippen LogP contribution is -2.35. The smallest absolute Gasteiger partial charge is 0.278 e. The van der Waals surface area contributed by atoms with Crippen molar-refractivity contribution < 1.29 is 14.6 Å². The summed E-state index contributed by atoms with van der Waals surface area (Å²) in [4.78, 5) is 22.2. The van der Waals surface area contributed by atoms with Gasteiger partial charge in [0.2, 0.25) is 0 Å². The molecule has 1 aliphatic heterocycles. The Morgan fingerprint density at radius 1 is 1.50 bits per heavy atom. The molecule has 8 heteroatoms. The molecule has 0 radical (unpaired) electrons. The maximum atomic E-state index is 11.6. The predicted molar refractivity (Wildman–Crippen MR) is 68.9 cm³/mol. The Bertz CT molecular complexity index is 692. The quantitative estimate of drug-likeness (QED) is 0.803. The summed E-state index contributed by atoms with van der Waals surface area (Å²) in [6.07, 6.45) is 0.667. The van der Waals surface area contributed by atoms with Crippen LogP contribution in [0.5, 0.6) is 0 Å². The standard InChI is InChI=1S/C12H16N4O4/c1-12(2)7(17)10(20-11(12)19-3)16-5-15-6-8(16)13-4-14-9(6)18/h4-5,7,10-11,17H,1-3H3,(H,13,14,18)/t7-,10+,11-/m0/s1. The van der Waals surface area contributed by atoms with Crippen LogP contribution in [0.3, 0.4) is 0 Å². The highest BCUT2D eigenvalue weighted by molar-refractivity contribution is 5.68. The van der Waals surface area contributed by atoms with Crippen molar-refractivity contribution in [2.75, 3.05) is 7.11 Å².